The van der Waals surface area contributed by atoms with Gasteiger partial charge in [-0.3, -0.25) is 0 Å². The molecule has 0 unspecified atom stereocenters. The van der Waals surface area contributed by atoms with Crippen molar-refractivity contribution in [3.05, 3.63) is 71.2 Å². The number of hydrogen-bond donors (Lipinski definition) is 1. The van der Waals surface area contributed by atoms with Crippen molar-refractivity contribution in [2.45, 2.75) is 6.54 Å². The van der Waals surface area contributed by atoms with Gasteiger partial charge in [0, 0.05) is 23.2 Å². The Morgan fingerprint density at radius 2 is 1.83 bits per heavy atom. The molecule has 3 nitrogen and oxygen atoms in total. The summed E-state index contributed by atoms with van der Waals surface area (Å²) in [6.07, 6.45) is 0. The van der Waals surface area contributed by atoms with Crippen molar-refractivity contribution in [3.63, 3.8) is 0 Å². The minimum atomic E-state index is 0. The molecule has 3 aromatic rings. The van der Waals surface area contributed by atoms with E-state index < -0.39 is 0 Å². The van der Waals surface area contributed by atoms with Crippen molar-refractivity contribution >= 4 is 29.9 Å². The minimum Gasteiger partial charge on any atom is -0.497 e. The van der Waals surface area contributed by atoms with Crippen LogP contribution in [0, 0.1) is 0 Å². The highest BCUT2D eigenvalue weighted by molar-refractivity contribution is 6.30. The average molecular weight is 350 g/mol. The molecule has 3 rings (SSSR count). The molecule has 0 aliphatic rings. The summed E-state index contributed by atoms with van der Waals surface area (Å²) in [5.74, 6) is 2.39. The summed E-state index contributed by atoms with van der Waals surface area (Å²) in [6, 6.07) is 19.4. The first-order chi connectivity index (χ1) is 10.7. The largest absolute Gasteiger partial charge is 0.497 e. The number of ether oxygens (including phenoxy) is 1. The fourth-order valence-corrected chi connectivity index (χ4v) is 2.30. The van der Waals surface area contributed by atoms with E-state index in [2.05, 4.69) is 5.32 Å². The number of nitrogens with one attached hydrogen (secondary N) is 1. The Morgan fingerprint density at radius 1 is 1.04 bits per heavy atom. The summed E-state index contributed by atoms with van der Waals surface area (Å²) in [4.78, 5) is 0. The number of rotatable bonds is 5. The van der Waals surface area contributed by atoms with Gasteiger partial charge in [0.25, 0.3) is 0 Å². The smallest absolute Gasteiger partial charge is 0.193 e. The standard InChI is InChI=1S/C18H16ClNO2.ClH/c1-21-16-4-2-3-13(11-16)12-20-18-10-9-17(22-18)14-5-7-15(19)8-6-14;/h2-11,20H,12H2,1H3;1H. The van der Waals surface area contributed by atoms with E-state index in [1.807, 2.05) is 60.7 Å². The molecule has 120 valence electrons. The lowest BCUT2D eigenvalue weighted by molar-refractivity contribution is 0.414. The van der Waals surface area contributed by atoms with Crippen molar-refractivity contribution in [1.82, 2.24) is 0 Å². The van der Waals surface area contributed by atoms with Crippen LogP contribution in [0.2, 0.25) is 5.02 Å². The zero-order valence-corrected chi connectivity index (χ0v) is 14.2. The third-order valence-corrected chi connectivity index (χ3v) is 3.59. The molecule has 0 saturated carbocycles. The van der Waals surface area contributed by atoms with Gasteiger partial charge < -0.3 is 14.5 Å². The van der Waals surface area contributed by atoms with Gasteiger partial charge in [0.2, 0.25) is 0 Å². The number of benzene rings is 2. The van der Waals surface area contributed by atoms with E-state index in [0.717, 1.165) is 28.5 Å². The predicted octanol–water partition coefficient (Wildman–Crippen LogP) is 5.64. The van der Waals surface area contributed by atoms with E-state index in [1.165, 1.54) is 0 Å². The maximum Gasteiger partial charge on any atom is 0.193 e. The first-order valence-corrected chi connectivity index (χ1v) is 7.35. The van der Waals surface area contributed by atoms with Crippen LogP contribution < -0.4 is 10.1 Å². The molecule has 1 aromatic heterocycles. The Labute approximate surface area is 146 Å². The van der Waals surface area contributed by atoms with E-state index in [0.29, 0.717) is 11.6 Å². The Hall–Kier alpha value is -2.10. The van der Waals surface area contributed by atoms with Gasteiger partial charge in [-0.1, -0.05) is 23.7 Å². The Balaban J connectivity index is 0.00000192. The van der Waals surface area contributed by atoms with Crippen LogP contribution in [-0.4, -0.2) is 7.11 Å². The van der Waals surface area contributed by atoms with E-state index >= 15 is 0 Å². The number of furan rings is 1. The molecule has 1 N–H and O–H groups in total. The summed E-state index contributed by atoms with van der Waals surface area (Å²) in [5.41, 5.74) is 2.13. The lowest BCUT2D eigenvalue weighted by Crippen LogP contribution is -1.98. The third-order valence-electron chi connectivity index (χ3n) is 3.34. The number of methoxy groups -OCH3 is 1. The highest BCUT2D eigenvalue weighted by Gasteiger charge is 2.05. The van der Waals surface area contributed by atoms with Gasteiger partial charge in [0.1, 0.15) is 11.5 Å². The fraction of sp³-hybridized carbons (Fsp3) is 0.111. The molecular formula is C18H17Cl2NO2. The molecule has 0 amide bonds. The van der Waals surface area contributed by atoms with E-state index in [4.69, 9.17) is 20.8 Å². The van der Waals surface area contributed by atoms with Gasteiger partial charge in [-0.15, -0.1) is 12.4 Å². The second-order valence-electron chi connectivity index (χ2n) is 4.88. The first kappa shape index (κ1) is 17.3. The quantitative estimate of drug-likeness (QED) is 0.646. The molecule has 0 aliphatic heterocycles. The number of anilines is 1. The first-order valence-electron chi connectivity index (χ1n) is 6.97. The highest BCUT2D eigenvalue weighted by Crippen LogP contribution is 2.26. The average Bonchev–Trinajstić information content (AvgIpc) is 3.03. The van der Waals surface area contributed by atoms with Crippen LogP contribution in [0.4, 0.5) is 5.88 Å². The molecule has 1 heterocycles. The number of halogens is 2. The van der Waals surface area contributed by atoms with E-state index in [-0.39, 0.29) is 12.4 Å². The maximum absolute atomic E-state index is 5.89. The van der Waals surface area contributed by atoms with Crippen molar-refractivity contribution in [1.29, 1.82) is 0 Å². The molecule has 0 spiro atoms. The maximum atomic E-state index is 5.89. The van der Waals surface area contributed by atoms with Crippen molar-refractivity contribution in [3.8, 4) is 17.1 Å². The molecule has 0 radical (unpaired) electrons. The van der Waals surface area contributed by atoms with Gasteiger partial charge in [0.15, 0.2) is 5.88 Å². The molecule has 0 saturated heterocycles. The minimum absolute atomic E-state index is 0. The molecule has 2 aromatic carbocycles. The van der Waals surface area contributed by atoms with Crippen molar-refractivity contribution in [2.75, 3.05) is 12.4 Å². The molecule has 0 bridgehead atoms. The van der Waals surface area contributed by atoms with Crippen LogP contribution in [0.25, 0.3) is 11.3 Å². The molecular weight excluding hydrogens is 333 g/mol. The third kappa shape index (κ3) is 4.44. The highest BCUT2D eigenvalue weighted by atomic mass is 35.5. The van der Waals surface area contributed by atoms with Gasteiger partial charge in [-0.2, -0.15) is 0 Å². The van der Waals surface area contributed by atoms with Crippen LogP contribution >= 0.6 is 24.0 Å². The second-order valence-corrected chi connectivity index (χ2v) is 5.31. The van der Waals surface area contributed by atoms with Crippen LogP contribution in [0.3, 0.4) is 0 Å². The second kappa shape index (κ2) is 7.95. The van der Waals surface area contributed by atoms with Crippen molar-refractivity contribution < 1.29 is 9.15 Å². The molecule has 0 aliphatic carbocycles. The Bertz CT molecular complexity index is 754. The van der Waals surface area contributed by atoms with Crippen LogP contribution in [0.1, 0.15) is 5.56 Å². The zero-order chi connectivity index (χ0) is 15.4. The zero-order valence-electron chi connectivity index (χ0n) is 12.6. The molecule has 5 heteroatoms. The van der Waals surface area contributed by atoms with Crippen molar-refractivity contribution in [2.24, 2.45) is 0 Å². The van der Waals surface area contributed by atoms with Gasteiger partial charge in [-0.05, 0) is 48.0 Å². The van der Waals surface area contributed by atoms with Gasteiger partial charge >= 0.3 is 0 Å². The summed E-state index contributed by atoms with van der Waals surface area (Å²) < 4.78 is 11.0. The summed E-state index contributed by atoms with van der Waals surface area (Å²) in [7, 11) is 1.66. The van der Waals surface area contributed by atoms with Crippen LogP contribution in [0.5, 0.6) is 5.75 Å². The fourth-order valence-electron chi connectivity index (χ4n) is 2.17. The summed E-state index contributed by atoms with van der Waals surface area (Å²) in [6.45, 7) is 0.671. The van der Waals surface area contributed by atoms with Gasteiger partial charge in [0.05, 0.1) is 7.11 Å². The lowest BCUT2D eigenvalue weighted by atomic mass is 10.2. The molecule has 0 atom stereocenters. The molecule has 0 fully saturated rings. The predicted molar refractivity (Wildman–Crippen MR) is 96.7 cm³/mol. The lowest BCUT2D eigenvalue weighted by Gasteiger charge is -2.05. The summed E-state index contributed by atoms with van der Waals surface area (Å²) >= 11 is 5.89. The monoisotopic (exact) mass is 349 g/mol. The molecule has 23 heavy (non-hydrogen) atoms. The van der Waals surface area contributed by atoms with Gasteiger partial charge in [-0.25, -0.2) is 0 Å². The van der Waals surface area contributed by atoms with E-state index in [9.17, 15) is 0 Å². The van der Waals surface area contributed by atoms with E-state index in [1.54, 1.807) is 7.11 Å². The Kier molecular flexibility index (Phi) is 5.97. The number of hydrogen-bond acceptors (Lipinski definition) is 3. The normalized spacial score (nSPS) is 10.0. The topological polar surface area (TPSA) is 34.4 Å². The Morgan fingerprint density at radius 3 is 2.57 bits per heavy atom. The summed E-state index contributed by atoms with van der Waals surface area (Å²) in [5, 5.41) is 3.98. The van der Waals surface area contributed by atoms with Crippen LogP contribution in [0.15, 0.2) is 65.1 Å². The SMILES string of the molecule is COc1cccc(CNc2ccc(-c3ccc(Cl)cc3)o2)c1.Cl. The van der Waals surface area contributed by atoms with Crippen LogP contribution in [-0.2, 0) is 6.54 Å².